The summed E-state index contributed by atoms with van der Waals surface area (Å²) in [6, 6.07) is 1.69. The molecular weight excluding hydrogens is 330 g/mol. The van der Waals surface area contributed by atoms with Gasteiger partial charge in [0.1, 0.15) is 12.3 Å². The van der Waals surface area contributed by atoms with Gasteiger partial charge in [-0.1, -0.05) is 5.16 Å². The van der Waals surface area contributed by atoms with Crippen LogP contribution in [0.1, 0.15) is 41.9 Å². The summed E-state index contributed by atoms with van der Waals surface area (Å²) in [7, 11) is 0. The van der Waals surface area contributed by atoms with Crippen molar-refractivity contribution in [1.82, 2.24) is 15.0 Å². The van der Waals surface area contributed by atoms with Crippen molar-refractivity contribution < 1.29 is 28.8 Å². The Balaban J connectivity index is 1.60. The van der Waals surface area contributed by atoms with Crippen LogP contribution in [0.3, 0.4) is 0 Å². The Kier molecular flexibility index (Phi) is 5.03. The molecule has 1 unspecified atom stereocenters. The summed E-state index contributed by atoms with van der Waals surface area (Å²) in [4.78, 5) is 37.8. The number of aromatic nitrogens is 1. The van der Waals surface area contributed by atoms with Crippen molar-refractivity contribution >= 4 is 17.8 Å². The molecule has 25 heavy (non-hydrogen) atoms. The van der Waals surface area contributed by atoms with Gasteiger partial charge in [0.2, 0.25) is 5.91 Å². The second-order valence-electron chi connectivity index (χ2n) is 6.43. The number of amides is 2. The van der Waals surface area contributed by atoms with E-state index in [0.29, 0.717) is 19.1 Å². The molecule has 2 heterocycles. The van der Waals surface area contributed by atoms with Gasteiger partial charge < -0.3 is 24.2 Å². The van der Waals surface area contributed by atoms with Crippen LogP contribution in [0, 0.1) is 0 Å². The second kappa shape index (κ2) is 7.22. The number of carbonyl (C=O) groups is 3. The highest BCUT2D eigenvalue weighted by molar-refractivity contribution is 5.92. The third-order valence-electron chi connectivity index (χ3n) is 4.35. The molecule has 9 nitrogen and oxygen atoms in total. The maximum absolute atomic E-state index is 12.6. The number of ether oxygens (including phenoxy) is 1. The Bertz CT molecular complexity index is 669. The maximum Gasteiger partial charge on any atom is 0.323 e. The minimum Gasteiger partial charge on any atom is -0.480 e. The third kappa shape index (κ3) is 4.36. The lowest BCUT2D eigenvalue weighted by atomic mass is 10.2. The van der Waals surface area contributed by atoms with E-state index in [9.17, 15) is 14.4 Å². The number of carbonyl (C=O) groups excluding carboxylic acids is 2. The molecule has 0 bridgehead atoms. The van der Waals surface area contributed by atoms with Crippen LogP contribution in [0.4, 0.5) is 0 Å². The minimum atomic E-state index is -1.09. The zero-order chi connectivity index (χ0) is 18.0. The molecule has 2 amide bonds. The molecule has 0 radical (unpaired) electrons. The summed E-state index contributed by atoms with van der Waals surface area (Å²) in [5.41, 5.74) is 0.275. The Hall–Kier alpha value is -2.42. The fourth-order valence-electron chi connectivity index (χ4n) is 2.84. The summed E-state index contributed by atoms with van der Waals surface area (Å²) in [6.45, 7) is 2.05. The monoisotopic (exact) mass is 351 g/mol. The largest absolute Gasteiger partial charge is 0.480 e. The molecule has 1 N–H and O–H groups in total. The zero-order valence-electron chi connectivity index (χ0n) is 14.0. The number of hydrogen-bond donors (Lipinski definition) is 1. The van der Waals surface area contributed by atoms with E-state index in [1.54, 1.807) is 11.0 Å². The number of carboxylic acid groups (broad SMARTS) is 1. The lowest BCUT2D eigenvalue weighted by Crippen LogP contribution is -2.51. The number of aliphatic carboxylic acids is 1. The van der Waals surface area contributed by atoms with Gasteiger partial charge in [0.05, 0.1) is 12.7 Å². The molecule has 9 heteroatoms. The smallest absolute Gasteiger partial charge is 0.323 e. The van der Waals surface area contributed by atoms with Gasteiger partial charge in [0.25, 0.3) is 5.91 Å². The number of hydrogen-bond acceptors (Lipinski definition) is 6. The second-order valence-corrected chi connectivity index (χ2v) is 6.43. The first-order valence-electron chi connectivity index (χ1n) is 8.29. The molecule has 2 aliphatic rings. The van der Waals surface area contributed by atoms with Crippen molar-refractivity contribution in [2.24, 2.45) is 0 Å². The SMILES string of the molecule is CC(=O)N(CC(=O)O)CC1CN(C(=O)c2cc(C3CC3)on2)CCO1. The summed E-state index contributed by atoms with van der Waals surface area (Å²) in [5.74, 6) is -0.547. The van der Waals surface area contributed by atoms with Gasteiger partial charge in [-0.2, -0.15) is 0 Å². The molecule has 1 atom stereocenters. The first-order valence-corrected chi connectivity index (χ1v) is 8.29. The van der Waals surface area contributed by atoms with Gasteiger partial charge in [0.15, 0.2) is 5.69 Å². The Morgan fingerprint density at radius 2 is 2.16 bits per heavy atom. The fraction of sp³-hybridized carbons (Fsp3) is 0.625. The maximum atomic E-state index is 12.6. The molecule has 1 aromatic heterocycles. The van der Waals surface area contributed by atoms with E-state index in [1.807, 2.05) is 0 Å². The lowest BCUT2D eigenvalue weighted by molar-refractivity contribution is -0.145. The molecule has 3 rings (SSSR count). The predicted octanol–water partition coefficient (Wildman–Crippen LogP) is 0.326. The molecule has 136 valence electrons. The molecule has 0 spiro atoms. The van der Waals surface area contributed by atoms with Crippen LogP contribution in [-0.2, 0) is 14.3 Å². The van der Waals surface area contributed by atoms with E-state index in [-0.39, 0.29) is 30.6 Å². The molecule has 1 aliphatic heterocycles. The van der Waals surface area contributed by atoms with Crippen molar-refractivity contribution in [2.75, 3.05) is 32.8 Å². The number of carboxylic acids is 1. The lowest BCUT2D eigenvalue weighted by Gasteiger charge is -2.34. The van der Waals surface area contributed by atoms with Crippen LogP contribution in [0.2, 0.25) is 0 Å². The molecule has 1 saturated carbocycles. The highest BCUT2D eigenvalue weighted by Gasteiger charge is 2.32. The van der Waals surface area contributed by atoms with Crippen molar-refractivity contribution in [3.63, 3.8) is 0 Å². The van der Waals surface area contributed by atoms with Crippen LogP contribution in [0.15, 0.2) is 10.6 Å². The van der Waals surface area contributed by atoms with E-state index in [0.717, 1.165) is 18.6 Å². The van der Waals surface area contributed by atoms with Gasteiger partial charge in [-0.15, -0.1) is 0 Å². The molecule has 0 aromatic carbocycles. The Labute approximate surface area is 144 Å². The molecule has 1 aliphatic carbocycles. The Morgan fingerprint density at radius 3 is 2.80 bits per heavy atom. The molecule has 2 fully saturated rings. The Morgan fingerprint density at radius 1 is 1.40 bits per heavy atom. The number of nitrogens with zero attached hydrogens (tertiary/aromatic N) is 3. The zero-order valence-corrected chi connectivity index (χ0v) is 14.0. The average molecular weight is 351 g/mol. The van der Waals surface area contributed by atoms with Gasteiger partial charge in [0, 0.05) is 38.5 Å². The first kappa shape index (κ1) is 17.4. The van der Waals surface area contributed by atoms with Crippen molar-refractivity contribution in [1.29, 1.82) is 0 Å². The number of rotatable bonds is 6. The van der Waals surface area contributed by atoms with Gasteiger partial charge >= 0.3 is 5.97 Å². The third-order valence-corrected chi connectivity index (χ3v) is 4.35. The summed E-state index contributed by atoms with van der Waals surface area (Å²) in [6.07, 6.45) is 1.69. The van der Waals surface area contributed by atoms with E-state index >= 15 is 0 Å². The quantitative estimate of drug-likeness (QED) is 0.785. The topological polar surface area (TPSA) is 113 Å². The van der Waals surface area contributed by atoms with E-state index in [1.165, 1.54) is 11.8 Å². The van der Waals surface area contributed by atoms with E-state index in [4.69, 9.17) is 14.4 Å². The highest BCUT2D eigenvalue weighted by atomic mass is 16.5. The predicted molar refractivity (Wildman–Crippen MR) is 84.0 cm³/mol. The average Bonchev–Trinajstić information content (AvgIpc) is 3.30. The van der Waals surface area contributed by atoms with Gasteiger partial charge in [-0.25, -0.2) is 0 Å². The minimum absolute atomic E-state index is 0.123. The molecular formula is C16H21N3O6. The summed E-state index contributed by atoms with van der Waals surface area (Å²) >= 11 is 0. The molecule has 1 aromatic rings. The summed E-state index contributed by atoms with van der Waals surface area (Å²) < 4.78 is 10.8. The van der Waals surface area contributed by atoms with Crippen LogP contribution >= 0.6 is 0 Å². The van der Waals surface area contributed by atoms with Crippen LogP contribution in [0.25, 0.3) is 0 Å². The van der Waals surface area contributed by atoms with Crippen molar-refractivity contribution in [2.45, 2.75) is 31.8 Å². The fourth-order valence-corrected chi connectivity index (χ4v) is 2.84. The van der Waals surface area contributed by atoms with Crippen LogP contribution in [0.5, 0.6) is 0 Å². The van der Waals surface area contributed by atoms with Crippen molar-refractivity contribution in [3.05, 3.63) is 17.5 Å². The van der Waals surface area contributed by atoms with E-state index in [2.05, 4.69) is 5.16 Å². The molecule has 1 saturated heterocycles. The van der Waals surface area contributed by atoms with Crippen LogP contribution < -0.4 is 0 Å². The number of morpholine rings is 1. The van der Waals surface area contributed by atoms with Gasteiger partial charge in [-0.3, -0.25) is 14.4 Å². The van der Waals surface area contributed by atoms with Crippen molar-refractivity contribution in [3.8, 4) is 0 Å². The normalized spacial score (nSPS) is 20.4. The standard InChI is InChI=1S/C16H21N3O6/c1-10(20)19(9-15(21)22)8-12-7-18(4-5-24-12)16(23)13-6-14(25-17-13)11-2-3-11/h6,11-12H,2-5,7-9H2,1H3,(H,21,22). The van der Waals surface area contributed by atoms with Gasteiger partial charge in [-0.05, 0) is 12.8 Å². The van der Waals surface area contributed by atoms with Crippen LogP contribution in [-0.4, -0.2) is 76.7 Å². The van der Waals surface area contributed by atoms with E-state index < -0.39 is 18.6 Å². The summed E-state index contributed by atoms with van der Waals surface area (Å²) in [5, 5.41) is 12.7. The highest BCUT2D eigenvalue weighted by Crippen LogP contribution is 2.40. The first-order chi connectivity index (χ1) is 11.9.